The normalized spacial score (nSPS) is 16.2. The Labute approximate surface area is 178 Å². The van der Waals surface area contributed by atoms with Gasteiger partial charge in [-0.3, -0.25) is 9.69 Å². The average molecular weight is 433 g/mol. The van der Waals surface area contributed by atoms with Gasteiger partial charge >= 0.3 is 0 Å². The standard InChI is InChI=1S/C21H21ClN2O4S/c1-26-16-9-3-7-14(19(16)27-2)20(25)24(12-13-6-5-11-28-13)21-23-18-15(22)8-4-10-17(18)29-21/h3-4,7-10,13H,5-6,11-12H2,1-2H3. The number of hydrogen-bond donors (Lipinski definition) is 0. The van der Waals surface area contributed by atoms with Gasteiger partial charge in [-0.25, -0.2) is 4.98 Å². The first-order chi connectivity index (χ1) is 14.1. The molecule has 3 aromatic rings. The van der Waals surface area contributed by atoms with E-state index in [9.17, 15) is 4.79 Å². The number of benzene rings is 2. The van der Waals surface area contributed by atoms with Crippen LogP contribution >= 0.6 is 22.9 Å². The minimum Gasteiger partial charge on any atom is -0.493 e. The van der Waals surface area contributed by atoms with E-state index in [0.717, 1.165) is 17.5 Å². The number of halogens is 1. The lowest BCUT2D eigenvalue weighted by atomic mass is 10.1. The fourth-order valence-corrected chi connectivity index (χ4v) is 4.73. The molecular formula is C21H21ClN2O4S. The van der Waals surface area contributed by atoms with Gasteiger partial charge in [-0.15, -0.1) is 0 Å². The predicted molar refractivity (Wildman–Crippen MR) is 115 cm³/mol. The van der Waals surface area contributed by atoms with E-state index in [-0.39, 0.29) is 12.0 Å². The molecule has 1 aliphatic rings. The molecule has 8 heteroatoms. The Bertz CT molecular complexity index is 1030. The molecule has 0 radical (unpaired) electrons. The minimum absolute atomic E-state index is 0.0296. The molecule has 2 aromatic carbocycles. The summed E-state index contributed by atoms with van der Waals surface area (Å²) in [7, 11) is 3.07. The molecule has 1 unspecified atom stereocenters. The van der Waals surface area contributed by atoms with Crippen molar-refractivity contribution in [3.05, 3.63) is 47.0 Å². The van der Waals surface area contributed by atoms with Crippen molar-refractivity contribution in [2.24, 2.45) is 0 Å². The number of methoxy groups -OCH3 is 2. The van der Waals surface area contributed by atoms with Crippen LogP contribution in [0.25, 0.3) is 10.2 Å². The van der Waals surface area contributed by atoms with Crippen LogP contribution in [0.5, 0.6) is 11.5 Å². The molecule has 4 rings (SSSR count). The summed E-state index contributed by atoms with van der Waals surface area (Å²) in [6.45, 7) is 1.12. The van der Waals surface area contributed by atoms with E-state index < -0.39 is 0 Å². The Morgan fingerprint density at radius 1 is 1.28 bits per heavy atom. The summed E-state index contributed by atoms with van der Waals surface area (Å²) < 4.78 is 17.6. The molecule has 29 heavy (non-hydrogen) atoms. The van der Waals surface area contributed by atoms with Gasteiger partial charge in [0.05, 0.1) is 42.2 Å². The largest absolute Gasteiger partial charge is 0.493 e. The topological polar surface area (TPSA) is 60.9 Å². The van der Waals surface area contributed by atoms with Crippen LogP contribution in [0, 0.1) is 0 Å². The maximum absolute atomic E-state index is 13.6. The zero-order valence-electron chi connectivity index (χ0n) is 16.2. The third-order valence-electron chi connectivity index (χ3n) is 4.88. The Morgan fingerprint density at radius 2 is 2.10 bits per heavy atom. The van der Waals surface area contributed by atoms with Crippen LogP contribution in [-0.2, 0) is 4.74 Å². The maximum atomic E-state index is 13.6. The van der Waals surface area contributed by atoms with Crippen molar-refractivity contribution in [2.45, 2.75) is 18.9 Å². The third kappa shape index (κ3) is 3.90. The van der Waals surface area contributed by atoms with Crippen molar-refractivity contribution in [2.75, 3.05) is 32.3 Å². The highest BCUT2D eigenvalue weighted by Gasteiger charge is 2.29. The number of carbonyl (C=O) groups excluding carboxylic acids is 1. The summed E-state index contributed by atoms with van der Waals surface area (Å²) in [5.41, 5.74) is 1.10. The number of ether oxygens (including phenoxy) is 3. The SMILES string of the molecule is COc1cccc(C(=O)N(CC2CCCO2)c2nc3c(Cl)cccc3s2)c1OC. The summed E-state index contributed by atoms with van der Waals surface area (Å²) in [6, 6.07) is 10.9. The van der Waals surface area contributed by atoms with Crippen LogP contribution in [0.3, 0.4) is 0 Å². The average Bonchev–Trinajstić information content (AvgIpc) is 3.41. The summed E-state index contributed by atoms with van der Waals surface area (Å²) in [4.78, 5) is 19.9. The van der Waals surface area contributed by atoms with Gasteiger partial charge in [-0.05, 0) is 37.1 Å². The number of anilines is 1. The van der Waals surface area contributed by atoms with E-state index in [1.54, 1.807) is 36.3 Å². The van der Waals surface area contributed by atoms with Gasteiger partial charge in [0.1, 0.15) is 5.52 Å². The van der Waals surface area contributed by atoms with Gasteiger partial charge in [-0.2, -0.15) is 0 Å². The second kappa shape index (κ2) is 8.57. The Balaban J connectivity index is 1.77. The molecule has 0 saturated carbocycles. The van der Waals surface area contributed by atoms with E-state index in [0.29, 0.717) is 45.9 Å². The summed E-state index contributed by atoms with van der Waals surface area (Å²) in [5.74, 6) is 0.686. The van der Waals surface area contributed by atoms with Crippen LogP contribution in [0.1, 0.15) is 23.2 Å². The molecule has 152 valence electrons. The molecule has 1 aromatic heterocycles. The molecule has 2 heterocycles. The Kier molecular flexibility index (Phi) is 5.89. The first kappa shape index (κ1) is 19.9. The smallest absolute Gasteiger partial charge is 0.264 e. The van der Waals surface area contributed by atoms with Gasteiger partial charge in [0.2, 0.25) is 0 Å². The first-order valence-corrected chi connectivity index (χ1v) is 10.5. The molecular weight excluding hydrogens is 412 g/mol. The zero-order chi connectivity index (χ0) is 20.4. The van der Waals surface area contributed by atoms with Crippen LogP contribution in [0.2, 0.25) is 5.02 Å². The molecule has 0 spiro atoms. The Hall–Kier alpha value is -2.35. The lowest BCUT2D eigenvalue weighted by molar-refractivity contribution is 0.0914. The Morgan fingerprint density at radius 3 is 2.79 bits per heavy atom. The number of carbonyl (C=O) groups is 1. The number of aromatic nitrogens is 1. The highest BCUT2D eigenvalue weighted by Crippen LogP contribution is 2.36. The lowest BCUT2D eigenvalue weighted by Gasteiger charge is -2.24. The summed E-state index contributed by atoms with van der Waals surface area (Å²) in [6.07, 6.45) is 1.86. The molecule has 1 saturated heterocycles. The van der Waals surface area contributed by atoms with Crippen molar-refractivity contribution < 1.29 is 19.0 Å². The molecule has 0 aliphatic carbocycles. The molecule has 0 bridgehead atoms. The van der Waals surface area contributed by atoms with Crippen LogP contribution in [-0.4, -0.2) is 44.4 Å². The number of nitrogens with zero attached hydrogens (tertiary/aromatic N) is 2. The van der Waals surface area contributed by atoms with Gasteiger partial charge in [0.25, 0.3) is 5.91 Å². The van der Waals surface area contributed by atoms with Crippen LogP contribution in [0.15, 0.2) is 36.4 Å². The molecule has 1 aliphatic heterocycles. The fraction of sp³-hybridized carbons (Fsp3) is 0.333. The van der Waals surface area contributed by atoms with Gasteiger partial charge < -0.3 is 14.2 Å². The highest BCUT2D eigenvalue weighted by atomic mass is 35.5. The monoisotopic (exact) mass is 432 g/mol. The summed E-state index contributed by atoms with van der Waals surface area (Å²) in [5, 5.41) is 1.15. The number of amides is 1. The van der Waals surface area contributed by atoms with Crippen molar-refractivity contribution in [1.29, 1.82) is 0 Å². The number of hydrogen-bond acceptors (Lipinski definition) is 6. The molecule has 1 fully saturated rings. The molecule has 1 amide bonds. The molecule has 6 nitrogen and oxygen atoms in total. The van der Waals surface area contributed by atoms with E-state index in [4.69, 9.17) is 25.8 Å². The third-order valence-corrected chi connectivity index (χ3v) is 6.23. The second-order valence-corrected chi connectivity index (χ2v) is 8.09. The van der Waals surface area contributed by atoms with E-state index in [2.05, 4.69) is 4.98 Å². The van der Waals surface area contributed by atoms with Gasteiger partial charge in [0.15, 0.2) is 16.6 Å². The number of rotatable bonds is 6. The van der Waals surface area contributed by atoms with Crippen molar-refractivity contribution in [3.63, 3.8) is 0 Å². The van der Waals surface area contributed by atoms with Crippen LogP contribution < -0.4 is 14.4 Å². The lowest BCUT2D eigenvalue weighted by Crippen LogP contribution is -2.37. The minimum atomic E-state index is -0.216. The molecule has 1 atom stereocenters. The van der Waals surface area contributed by atoms with Crippen LogP contribution in [0.4, 0.5) is 5.13 Å². The van der Waals surface area contributed by atoms with Crippen molar-refractivity contribution in [3.8, 4) is 11.5 Å². The zero-order valence-corrected chi connectivity index (χ0v) is 17.8. The van der Waals surface area contributed by atoms with Crippen molar-refractivity contribution in [1.82, 2.24) is 4.98 Å². The highest BCUT2D eigenvalue weighted by molar-refractivity contribution is 7.22. The van der Waals surface area contributed by atoms with E-state index in [1.807, 2.05) is 12.1 Å². The molecule has 0 N–H and O–H groups in total. The number of thiazole rings is 1. The van der Waals surface area contributed by atoms with Gasteiger partial charge in [-0.1, -0.05) is 35.1 Å². The fourth-order valence-electron chi connectivity index (χ4n) is 3.46. The van der Waals surface area contributed by atoms with Gasteiger partial charge in [0, 0.05) is 6.61 Å². The van der Waals surface area contributed by atoms with Crippen molar-refractivity contribution >= 4 is 44.2 Å². The second-order valence-electron chi connectivity index (χ2n) is 6.67. The first-order valence-electron chi connectivity index (χ1n) is 9.32. The van der Waals surface area contributed by atoms with E-state index >= 15 is 0 Å². The number of para-hydroxylation sites is 2. The van der Waals surface area contributed by atoms with E-state index in [1.165, 1.54) is 18.4 Å². The maximum Gasteiger partial charge on any atom is 0.264 e. The number of fused-ring (bicyclic) bond motifs is 1. The quantitative estimate of drug-likeness (QED) is 0.560. The predicted octanol–water partition coefficient (Wildman–Crippen LogP) is 4.79. The summed E-state index contributed by atoms with van der Waals surface area (Å²) >= 11 is 7.74.